The summed E-state index contributed by atoms with van der Waals surface area (Å²) >= 11 is 0. The largest absolute Gasteiger partial charge is 0.491 e. The maximum absolute atomic E-state index is 10.9. The van der Waals surface area contributed by atoms with Crippen LogP contribution in [0.1, 0.15) is 18.3 Å². The Bertz CT molecular complexity index is 393. The summed E-state index contributed by atoms with van der Waals surface area (Å²) in [5.74, 6) is -0.0124. The first-order valence-corrected chi connectivity index (χ1v) is 5.63. The number of hydrogen-bond acceptors (Lipinski definition) is 4. The summed E-state index contributed by atoms with van der Waals surface area (Å²) in [6.45, 7) is 4.41. The van der Waals surface area contributed by atoms with Crippen molar-refractivity contribution >= 4 is 5.91 Å². The lowest BCUT2D eigenvalue weighted by atomic mass is 10.2. The molecule has 0 spiro atoms. The number of nitrogens with two attached hydrogens (primary N) is 2. The highest BCUT2D eigenvalue weighted by molar-refractivity contribution is 5.76. The molecular formula is C12H19N3O2. The highest BCUT2D eigenvalue weighted by atomic mass is 16.5. The molecule has 94 valence electrons. The number of rotatable bonds is 6. The lowest BCUT2D eigenvalue weighted by Gasteiger charge is -2.13. The number of nitrogens with zero attached hydrogens (tertiary/aromatic N) is 1. The molecule has 0 saturated carbocycles. The number of hydrogen-bond donors (Lipinski definition) is 2. The molecule has 0 saturated heterocycles. The quantitative estimate of drug-likeness (QED) is 0.748. The maximum atomic E-state index is 10.9. The van der Waals surface area contributed by atoms with E-state index in [9.17, 15) is 4.79 Å². The van der Waals surface area contributed by atoms with Crippen LogP contribution in [-0.4, -0.2) is 24.0 Å². The smallest absolute Gasteiger partial charge is 0.223 e. The third-order valence-electron chi connectivity index (χ3n) is 2.43. The fraction of sp³-hybridized carbons (Fsp3) is 0.500. The minimum absolute atomic E-state index is 0.262. The van der Waals surface area contributed by atoms with Gasteiger partial charge < -0.3 is 16.2 Å². The SMILES string of the molecule is Cc1ccc(OCC(C)C(N)=O)c(CCN)n1. The highest BCUT2D eigenvalue weighted by Gasteiger charge is 2.11. The molecule has 0 aromatic carbocycles. The van der Waals surface area contributed by atoms with Crippen LogP contribution in [0.25, 0.3) is 0 Å². The summed E-state index contributed by atoms with van der Waals surface area (Å²) in [7, 11) is 0. The van der Waals surface area contributed by atoms with Crippen LogP contribution in [0.5, 0.6) is 5.75 Å². The van der Waals surface area contributed by atoms with E-state index in [1.165, 1.54) is 0 Å². The molecule has 1 aromatic rings. The number of aryl methyl sites for hydroxylation is 1. The fourth-order valence-electron chi connectivity index (χ4n) is 1.34. The van der Waals surface area contributed by atoms with Crippen LogP contribution in [-0.2, 0) is 11.2 Å². The molecule has 0 fully saturated rings. The molecule has 1 amide bonds. The zero-order chi connectivity index (χ0) is 12.8. The van der Waals surface area contributed by atoms with Crippen LogP contribution in [0.3, 0.4) is 0 Å². The van der Waals surface area contributed by atoms with Gasteiger partial charge in [-0.1, -0.05) is 6.92 Å². The van der Waals surface area contributed by atoms with Gasteiger partial charge >= 0.3 is 0 Å². The molecule has 5 heteroatoms. The van der Waals surface area contributed by atoms with Crippen LogP contribution >= 0.6 is 0 Å². The second kappa shape index (κ2) is 6.20. The van der Waals surface area contributed by atoms with E-state index < -0.39 is 0 Å². The predicted molar refractivity (Wildman–Crippen MR) is 65.6 cm³/mol. The van der Waals surface area contributed by atoms with Crippen LogP contribution in [0.15, 0.2) is 12.1 Å². The minimum atomic E-state index is -0.370. The van der Waals surface area contributed by atoms with Crippen LogP contribution in [0.2, 0.25) is 0 Å². The Kier molecular flexibility index (Phi) is 4.90. The maximum Gasteiger partial charge on any atom is 0.223 e. The number of carbonyl (C=O) groups excluding carboxylic acids is 1. The number of amides is 1. The van der Waals surface area contributed by atoms with E-state index in [-0.39, 0.29) is 18.4 Å². The van der Waals surface area contributed by atoms with Gasteiger partial charge in [0.2, 0.25) is 5.91 Å². The van der Waals surface area contributed by atoms with Crippen LogP contribution < -0.4 is 16.2 Å². The summed E-state index contributed by atoms with van der Waals surface area (Å²) in [5, 5.41) is 0. The molecule has 1 unspecified atom stereocenters. The Morgan fingerprint density at radius 2 is 2.24 bits per heavy atom. The Balaban J connectivity index is 2.72. The van der Waals surface area contributed by atoms with E-state index in [1.54, 1.807) is 6.92 Å². The second-order valence-electron chi connectivity index (χ2n) is 4.05. The molecule has 1 aromatic heterocycles. The Labute approximate surface area is 101 Å². The number of carbonyl (C=O) groups is 1. The molecule has 1 atom stereocenters. The highest BCUT2D eigenvalue weighted by Crippen LogP contribution is 2.18. The molecule has 4 N–H and O–H groups in total. The van der Waals surface area contributed by atoms with Gasteiger partial charge in [0.05, 0.1) is 18.2 Å². The van der Waals surface area contributed by atoms with Crippen molar-refractivity contribution in [3.63, 3.8) is 0 Å². The Morgan fingerprint density at radius 3 is 2.82 bits per heavy atom. The minimum Gasteiger partial charge on any atom is -0.491 e. The molecule has 1 rings (SSSR count). The van der Waals surface area contributed by atoms with E-state index >= 15 is 0 Å². The average Bonchev–Trinajstić information content (AvgIpc) is 2.28. The summed E-state index contributed by atoms with van der Waals surface area (Å²) in [4.78, 5) is 15.3. The van der Waals surface area contributed by atoms with Gasteiger partial charge in [-0.15, -0.1) is 0 Å². The molecule has 17 heavy (non-hydrogen) atoms. The van der Waals surface area contributed by atoms with Crippen molar-refractivity contribution in [3.05, 3.63) is 23.5 Å². The lowest BCUT2D eigenvalue weighted by Crippen LogP contribution is -2.26. The normalized spacial score (nSPS) is 12.2. The number of aromatic nitrogens is 1. The predicted octanol–water partition coefficient (Wildman–Crippen LogP) is 0.391. The molecule has 0 radical (unpaired) electrons. The monoisotopic (exact) mass is 237 g/mol. The average molecular weight is 237 g/mol. The van der Waals surface area contributed by atoms with Gasteiger partial charge in [-0.05, 0) is 25.6 Å². The van der Waals surface area contributed by atoms with Gasteiger partial charge in [-0.3, -0.25) is 9.78 Å². The lowest BCUT2D eigenvalue weighted by molar-refractivity contribution is -0.122. The molecule has 0 aliphatic carbocycles. The van der Waals surface area contributed by atoms with E-state index in [2.05, 4.69) is 4.98 Å². The molecular weight excluding hydrogens is 218 g/mol. The molecule has 1 heterocycles. The first kappa shape index (κ1) is 13.4. The standard InChI is InChI=1S/C12H19N3O2/c1-8(12(14)16)7-17-11-4-3-9(2)15-10(11)5-6-13/h3-4,8H,5-7,13H2,1-2H3,(H2,14,16). The van der Waals surface area contributed by atoms with Crippen molar-refractivity contribution in [2.75, 3.05) is 13.2 Å². The number of pyridine rings is 1. The third-order valence-corrected chi connectivity index (χ3v) is 2.43. The van der Waals surface area contributed by atoms with E-state index in [0.717, 1.165) is 11.4 Å². The molecule has 0 bridgehead atoms. The van der Waals surface area contributed by atoms with E-state index in [1.807, 2.05) is 19.1 Å². The van der Waals surface area contributed by atoms with Crippen LogP contribution in [0, 0.1) is 12.8 Å². The van der Waals surface area contributed by atoms with Gasteiger partial charge in [-0.25, -0.2) is 0 Å². The van der Waals surface area contributed by atoms with Gasteiger partial charge in [0, 0.05) is 12.1 Å². The molecule has 5 nitrogen and oxygen atoms in total. The first-order chi connectivity index (χ1) is 8.04. The van der Waals surface area contributed by atoms with Crippen LogP contribution in [0.4, 0.5) is 0 Å². The zero-order valence-electron chi connectivity index (χ0n) is 10.3. The zero-order valence-corrected chi connectivity index (χ0v) is 10.3. The van der Waals surface area contributed by atoms with Crippen molar-refractivity contribution in [1.82, 2.24) is 4.98 Å². The van der Waals surface area contributed by atoms with E-state index in [0.29, 0.717) is 18.7 Å². The Morgan fingerprint density at radius 1 is 1.53 bits per heavy atom. The van der Waals surface area contributed by atoms with Crippen molar-refractivity contribution < 1.29 is 9.53 Å². The van der Waals surface area contributed by atoms with Crippen molar-refractivity contribution in [2.45, 2.75) is 20.3 Å². The topological polar surface area (TPSA) is 91.2 Å². The van der Waals surface area contributed by atoms with Gasteiger partial charge in [-0.2, -0.15) is 0 Å². The van der Waals surface area contributed by atoms with Gasteiger partial charge in [0.15, 0.2) is 0 Å². The fourth-order valence-corrected chi connectivity index (χ4v) is 1.34. The number of ether oxygens (including phenoxy) is 1. The summed E-state index contributed by atoms with van der Waals surface area (Å²) in [6.07, 6.45) is 0.655. The van der Waals surface area contributed by atoms with Crippen molar-refractivity contribution in [1.29, 1.82) is 0 Å². The Hall–Kier alpha value is -1.62. The number of primary amides is 1. The van der Waals surface area contributed by atoms with Crippen molar-refractivity contribution in [3.8, 4) is 5.75 Å². The third kappa shape index (κ3) is 4.03. The van der Waals surface area contributed by atoms with E-state index in [4.69, 9.17) is 16.2 Å². The van der Waals surface area contributed by atoms with Gasteiger partial charge in [0.25, 0.3) is 0 Å². The summed E-state index contributed by atoms with van der Waals surface area (Å²) in [5.41, 5.74) is 12.4. The first-order valence-electron chi connectivity index (χ1n) is 5.63. The summed E-state index contributed by atoms with van der Waals surface area (Å²) < 4.78 is 5.55. The van der Waals surface area contributed by atoms with Gasteiger partial charge in [0.1, 0.15) is 5.75 Å². The molecule has 0 aliphatic heterocycles. The molecule has 0 aliphatic rings. The van der Waals surface area contributed by atoms with Crippen molar-refractivity contribution in [2.24, 2.45) is 17.4 Å². The summed E-state index contributed by atoms with van der Waals surface area (Å²) in [6, 6.07) is 3.71. The second-order valence-corrected chi connectivity index (χ2v) is 4.05.